The molecule has 4 aromatic rings. The Labute approximate surface area is 275 Å². The van der Waals surface area contributed by atoms with Crippen LogP contribution in [0.2, 0.25) is 10.0 Å². The Morgan fingerprint density at radius 2 is 0.568 bits per heavy atom. The first-order chi connectivity index (χ1) is 21.0. The zero-order chi connectivity index (χ0) is 32.6. The van der Waals surface area contributed by atoms with Gasteiger partial charge in [-0.3, -0.25) is 0 Å². The predicted octanol–water partition coefficient (Wildman–Crippen LogP) is 9.56. The van der Waals surface area contributed by atoms with Crippen LogP contribution >= 0.6 is 23.2 Å². The fourth-order valence-corrected chi connectivity index (χ4v) is 6.33. The van der Waals surface area contributed by atoms with E-state index < -0.39 is 0 Å². The summed E-state index contributed by atoms with van der Waals surface area (Å²) in [6, 6.07) is 17.1. The van der Waals surface area contributed by atoms with Gasteiger partial charge in [0.2, 0.25) is 0 Å². The van der Waals surface area contributed by atoms with E-state index in [2.05, 4.69) is 77.9 Å². The lowest BCUT2D eigenvalue weighted by Gasteiger charge is -2.15. The number of anilines is 4. The van der Waals surface area contributed by atoms with Crippen LogP contribution in [-0.4, -0.2) is 0 Å². The number of nitrogens with two attached hydrogens (primary N) is 4. The monoisotopic (exact) mass is 632 g/mol. The Morgan fingerprint density at radius 1 is 0.364 bits per heavy atom. The number of hydrogen-bond donors (Lipinski definition) is 4. The van der Waals surface area contributed by atoms with Gasteiger partial charge in [-0.15, -0.1) is 0 Å². The van der Waals surface area contributed by atoms with Crippen LogP contribution in [0, 0.1) is 0 Å². The van der Waals surface area contributed by atoms with Gasteiger partial charge in [0.05, 0.1) is 21.4 Å². The van der Waals surface area contributed by atoms with Crippen LogP contribution in [0.5, 0.6) is 0 Å². The maximum absolute atomic E-state index is 6.26. The molecule has 0 unspecified atom stereocenters. The highest BCUT2D eigenvalue weighted by atomic mass is 35.5. The number of aryl methyl sites for hydroxylation is 6. The van der Waals surface area contributed by atoms with Gasteiger partial charge in [0.1, 0.15) is 0 Å². The molecule has 0 bridgehead atoms. The Morgan fingerprint density at radius 3 is 0.795 bits per heavy atom. The first-order valence-electron chi connectivity index (χ1n) is 15.9. The highest BCUT2D eigenvalue weighted by Crippen LogP contribution is 2.30. The van der Waals surface area contributed by atoms with Crippen LogP contribution in [0.1, 0.15) is 97.2 Å². The van der Waals surface area contributed by atoms with Gasteiger partial charge in [0, 0.05) is 11.4 Å². The van der Waals surface area contributed by atoms with Gasteiger partial charge >= 0.3 is 0 Å². The van der Waals surface area contributed by atoms with Crippen molar-refractivity contribution in [3.8, 4) is 0 Å². The summed E-state index contributed by atoms with van der Waals surface area (Å²) in [7, 11) is 0. The van der Waals surface area contributed by atoms with Crippen LogP contribution < -0.4 is 22.9 Å². The molecule has 0 saturated heterocycles. The molecule has 4 aromatic carbocycles. The molecule has 0 fully saturated rings. The average molecular weight is 634 g/mol. The second-order valence-corrected chi connectivity index (χ2v) is 12.2. The summed E-state index contributed by atoms with van der Waals surface area (Å²) >= 11 is 12.4. The van der Waals surface area contributed by atoms with E-state index in [0.717, 1.165) is 85.0 Å². The van der Waals surface area contributed by atoms with E-state index in [4.69, 9.17) is 46.1 Å². The first-order valence-corrected chi connectivity index (χ1v) is 16.7. The maximum Gasteiger partial charge on any atom is 0.0641 e. The summed E-state index contributed by atoms with van der Waals surface area (Å²) < 4.78 is 0. The topological polar surface area (TPSA) is 104 Å². The van der Waals surface area contributed by atoms with Crippen molar-refractivity contribution in [3.05, 3.63) is 114 Å². The van der Waals surface area contributed by atoms with Crippen LogP contribution in [0.25, 0.3) is 0 Å². The van der Waals surface area contributed by atoms with E-state index in [1.807, 2.05) is 12.1 Å². The molecule has 6 heteroatoms. The van der Waals surface area contributed by atoms with Crippen molar-refractivity contribution in [1.82, 2.24) is 0 Å². The van der Waals surface area contributed by atoms with Gasteiger partial charge in [-0.1, -0.05) is 101 Å². The van der Waals surface area contributed by atoms with Crippen LogP contribution in [0.4, 0.5) is 22.7 Å². The SMILES string of the molecule is CCc1cc(Cc2cc(CC)c(N)c(CC)c2)cc(CC)c1N.CCc1cc(Cc2cc(Cl)c(N)c(CC)c2)cc(Cl)c1N. The fourth-order valence-electron chi connectivity index (χ4n) is 5.81. The van der Waals surface area contributed by atoms with Gasteiger partial charge in [0.25, 0.3) is 0 Å². The van der Waals surface area contributed by atoms with Crippen molar-refractivity contribution in [2.45, 2.75) is 92.9 Å². The highest BCUT2D eigenvalue weighted by Gasteiger charge is 2.11. The molecule has 44 heavy (non-hydrogen) atoms. The predicted molar refractivity (Wildman–Crippen MR) is 195 cm³/mol. The summed E-state index contributed by atoms with van der Waals surface area (Å²) in [5, 5.41) is 1.23. The van der Waals surface area contributed by atoms with Crippen molar-refractivity contribution in [2.24, 2.45) is 0 Å². The van der Waals surface area contributed by atoms with E-state index in [-0.39, 0.29) is 0 Å². The Balaban J connectivity index is 0.000000241. The third-order valence-electron chi connectivity index (χ3n) is 8.47. The van der Waals surface area contributed by atoms with Crippen molar-refractivity contribution in [2.75, 3.05) is 22.9 Å². The molecule has 8 N–H and O–H groups in total. The smallest absolute Gasteiger partial charge is 0.0641 e. The number of rotatable bonds is 10. The molecule has 0 amide bonds. The minimum atomic E-state index is 0.613. The minimum absolute atomic E-state index is 0.613. The lowest BCUT2D eigenvalue weighted by molar-refractivity contribution is 1.04. The molecule has 0 heterocycles. The number of nitrogen functional groups attached to an aromatic ring is 4. The first kappa shape index (κ1) is 35.1. The lowest BCUT2D eigenvalue weighted by Crippen LogP contribution is -2.04. The van der Waals surface area contributed by atoms with Crippen LogP contribution in [-0.2, 0) is 51.4 Å². The molecule has 4 nitrogen and oxygen atoms in total. The van der Waals surface area contributed by atoms with Gasteiger partial charge in [-0.05, 0) is 119 Å². The largest absolute Gasteiger partial charge is 0.398 e. The average Bonchev–Trinajstić information content (AvgIpc) is 3.02. The van der Waals surface area contributed by atoms with Crippen molar-refractivity contribution >= 4 is 46.0 Å². The molecule has 0 radical (unpaired) electrons. The lowest BCUT2D eigenvalue weighted by atomic mass is 9.93. The minimum Gasteiger partial charge on any atom is -0.398 e. The third-order valence-corrected chi connectivity index (χ3v) is 9.10. The molecule has 0 spiro atoms. The standard InChI is InChI=1S/C21H30N2.C17H20Cl2N2/c1-5-16-10-14(11-17(6-2)20(16)22)9-15-12-18(7-3)21(23)19(8-4)13-15;1-3-12-6-10(8-14(18)16(12)20)5-11-7-13(4-2)17(21)15(19)9-11/h10-13H,5-9,22-23H2,1-4H3;6-9H,3-5,20-21H2,1-2H3. The summed E-state index contributed by atoms with van der Waals surface area (Å²) in [6.07, 6.45) is 7.36. The molecular formula is C38H50Cl2N4. The summed E-state index contributed by atoms with van der Waals surface area (Å²) in [5.41, 5.74) is 39.9. The molecular weight excluding hydrogens is 583 g/mol. The Bertz CT molecular complexity index is 1430. The third kappa shape index (κ3) is 8.43. The van der Waals surface area contributed by atoms with E-state index in [0.29, 0.717) is 21.4 Å². The second kappa shape index (κ2) is 16.1. The van der Waals surface area contributed by atoms with Gasteiger partial charge in [0.15, 0.2) is 0 Å². The van der Waals surface area contributed by atoms with E-state index in [9.17, 15) is 0 Å². The quantitative estimate of drug-likeness (QED) is 0.131. The molecule has 4 rings (SSSR count). The number of benzene rings is 4. The van der Waals surface area contributed by atoms with E-state index >= 15 is 0 Å². The highest BCUT2D eigenvalue weighted by molar-refractivity contribution is 6.33. The van der Waals surface area contributed by atoms with Gasteiger partial charge < -0.3 is 22.9 Å². The molecule has 0 atom stereocenters. The van der Waals surface area contributed by atoms with Crippen molar-refractivity contribution < 1.29 is 0 Å². The van der Waals surface area contributed by atoms with Crippen molar-refractivity contribution in [3.63, 3.8) is 0 Å². The molecule has 0 aliphatic heterocycles. The fraction of sp³-hybridized carbons (Fsp3) is 0.368. The molecule has 0 aliphatic carbocycles. The zero-order valence-electron chi connectivity index (χ0n) is 27.3. The number of hydrogen-bond acceptors (Lipinski definition) is 4. The molecule has 236 valence electrons. The second-order valence-electron chi connectivity index (χ2n) is 11.4. The molecule has 0 aliphatic rings. The van der Waals surface area contributed by atoms with E-state index in [1.165, 1.54) is 33.4 Å². The van der Waals surface area contributed by atoms with Gasteiger partial charge in [-0.25, -0.2) is 0 Å². The van der Waals surface area contributed by atoms with Crippen LogP contribution in [0.3, 0.4) is 0 Å². The Hall–Kier alpha value is -3.34. The van der Waals surface area contributed by atoms with Gasteiger partial charge in [-0.2, -0.15) is 0 Å². The van der Waals surface area contributed by atoms with Crippen molar-refractivity contribution in [1.29, 1.82) is 0 Å². The van der Waals surface area contributed by atoms with Crippen LogP contribution in [0.15, 0.2) is 48.5 Å². The van der Waals surface area contributed by atoms with E-state index in [1.54, 1.807) is 0 Å². The molecule has 0 aromatic heterocycles. The normalized spacial score (nSPS) is 10.9. The summed E-state index contributed by atoms with van der Waals surface area (Å²) in [5.74, 6) is 0. The number of halogens is 2. The maximum atomic E-state index is 6.26. The summed E-state index contributed by atoms with van der Waals surface area (Å²) in [4.78, 5) is 0. The molecule has 0 saturated carbocycles. The Kier molecular flexibility index (Phi) is 12.9. The summed E-state index contributed by atoms with van der Waals surface area (Å²) in [6.45, 7) is 12.8. The zero-order valence-corrected chi connectivity index (χ0v) is 28.9.